The first-order valence-electron chi connectivity index (χ1n) is 9.03. The normalized spacial score (nSPS) is 23.1. The van der Waals surface area contributed by atoms with E-state index in [0.29, 0.717) is 36.5 Å². The van der Waals surface area contributed by atoms with Gasteiger partial charge in [-0.3, -0.25) is 4.79 Å². The maximum Gasteiger partial charge on any atom is 0.276 e. The zero-order valence-electron chi connectivity index (χ0n) is 15.1. The third kappa shape index (κ3) is 3.02. The van der Waals surface area contributed by atoms with Crippen LogP contribution in [0.3, 0.4) is 0 Å². The van der Waals surface area contributed by atoms with Crippen molar-refractivity contribution < 1.29 is 14.3 Å². The van der Waals surface area contributed by atoms with Gasteiger partial charge in [0.2, 0.25) is 0 Å². The van der Waals surface area contributed by atoms with E-state index in [4.69, 9.17) is 9.47 Å². The highest BCUT2D eigenvalue weighted by atomic mass is 35.5. The smallest absolute Gasteiger partial charge is 0.276 e. The molecule has 2 fully saturated rings. The largest absolute Gasteiger partial charge is 0.486 e. The van der Waals surface area contributed by atoms with Gasteiger partial charge in [0.1, 0.15) is 13.2 Å². The maximum absolute atomic E-state index is 12.9. The average Bonchev–Trinajstić information content (AvgIpc) is 3.35. The van der Waals surface area contributed by atoms with E-state index in [1.165, 1.54) is 0 Å². The molecule has 3 aliphatic rings. The molecule has 0 radical (unpaired) electrons. The van der Waals surface area contributed by atoms with Gasteiger partial charge in [0.05, 0.1) is 11.4 Å². The Labute approximate surface area is 163 Å². The number of benzene rings is 1. The molecule has 0 aliphatic carbocycles. The van der Waals surface area contributed by atoms with Crippen LogP contribution >= 0.6 is 12.4 Å². The van der Waals surface area contributed by atoms with Gasteiger partial charge in [-0.2, -0.15) is 0 Å². The Bertz CT molecular complexity index is 859. The fraction of sp³-hybridized carbons (Fsp3) is 0.500. The summed E-state index contributed by atoms with van der Waals surface area (Å²) < 4.78 is 12.9. The molecule has 2 saturated heterocycles. The lowest BCUT2D eigenvalue weighted by Gasteiger charge is -2.19. The fourth-order valence-corrected chi connectivity index (χ4v) is 4.11. The van der Waals surface area contributed by atoms with E-state index in [9.17, 15) is 4.79 Å². The minimum Gasteiger partial charge on any atom is -0.486 e. The summed E-state index contributed by atoms with van der Waals surface area (Å²) in [6, 6.07) is 5.63. The van der Waals surface area contributed by atoms with Gasteiger partial charge in [0.25, 0.3) is 5.91 Å². The topological polar surface area (TPSA) is 81.5 Å². The molecule has 1 amide bonds. The molecule has 9 heteroatoms. The maximum atomic E-state index is 12.9. The van der Waals surface area contributed by atoms with Crippen molar-refractivity contribution >= 4 is 18.3 Å². The Morgan fingerprint density at radius 2 is 1.85 bits per heavy atom. The summed E-state index contributed by atoms with van der Waals surface area (Å²) in [4.78, 5) is 14.8. The number of carbonyl (C=O) groups excluding carboxylic acids is 1. The van der Waals surface area contributed by atoms with Crippen LogP contribution in [0, 0.1) is 18.8 Å². The Kier molecular flexibility index (Phi) is 4.69. The summed E-state index contributed by atoms with van der Waals surface area (Å²) in [5.41, 5.74) is 1.97. The number of hydrogen-bond donors (Lipinski definition) is 1. The van der Waals surface area contributed by atoms with Crippen molar-refractivity contribution in [1.82, 2.24) is 25.2 Å². The minimum atomic E-state index is -0.0271. The van der Waals surface area contributed by atoms with Crippen molar-refractivity contribution in [3.05, 3.63) is 29.6 Å². The molecular formula is C18H22ClN5O3. The van der Waals surface area contributed by atoms with E-state index in [1.54, 1.807) is 4.68 Å². The van der Waals surface area contributed by atoms with Crippen molar-refractivity contribution in [2.45, 2.75) is 6.92 Å². The molecule has 0 saturated carbocycles. The molecule has 1 aromatic carbocycles. The molecule has 27 heavy (non-hydrogen) atoms. The lowest BCUT2D eigenvalue weighted by Crippen LogP contribution is -2.32. The second-order valence-electron chi connectivity index (χ2n) is 7.15. The highest BCUT2D eigenvalue weighted by Crippen LogP contribution is 2.32. The number of amides is 1. The minimum absolute atomic E-state index is 0. The summed E-state index contributed by atoms with van der Waals surface area (Å²) in [5, 5.41) is 11.8. The zero-order valence-corrected chi connectivity index (χ0v) is 15.9. The Morgan fingerprint density at radius 1 is 1.15 bits per heavy atom. The van der Waals surface area contributed by atoms with Crippen LogP contribution in [0.2, 0.25) is 0 Å². The number of aromatic nitrogens is 3. The van der Waals surface area contributed by atoms with Crippen LogP contribution in [0.4, 0.5) is 0 Å². The van der Waals surface area contributed by atoms with Crippen LogP contribution < -0.4 is 14.8 Å². The molecule has 8 nitrogen and oxygen atoms in total. The van der Waals surface area contributed by atoms with E-state index >= 15 is 0 Å². The number of carbonyl (C=O) groups is 1. The molecule has 5 rings (SSSR count). The van der Waals surface area contributed by atoms with Gasteiger partial charge in [0, 0.05) is 32.2 Å². The van der Waals surface area contributed by atoms with Crippen molar-refractivity contribution in [3.8, 4) is 17.2 Å². The zero-order chi connectivity index (χ0) is 17.7. The van der Waals surface area contributed by atoms with E-state index in [0.717, 1.165) is 43.3 Å². The van der Waals surface area contributed by atoms with Crippen LogP contribution in [0.25, 0.3) is 5.69 Å². The predicted molar refractivity (Wildman–Crippen MR) is 100 cm³/mol. The van der Waals surface area contributed by atoms with Crippen LogP contribution in [-0.2, 0) is 0 Å². The summed E-state index contributed by atoms with van der Waals surface area (Å²) in [6.45, 7) is 6.56. The number of halogens is 1. The molecule has 1 aromatic heterocycles. The van der Waals surface area contributed by atoms with Crippen molar-refractivity contribution in [3.63, 3.8) is 0 Å². The third-order valence-corrected chi connectivity index (χ3v) is 5.54. The van der Waals surface area contributed by atoms with Crippen molar-refractivity contribution in [1.29, 1.82) is 0 Å². The lowest BCUT2D eigenvalue weighted by atomic mass is 10.0. The number of rotatable bonds is 2. The van der Waals surface area contributed by atoms with Gasteiger partial charge in [0.15, 0.2) is 17.2 Å². The highest BCUT2D eigenvalue weighted by Gasteiger charge is 2.39. The van der Waals surface area contributed by atoms with Crippen LogP contribution in [0.5, 0.6) is 11.5 Å². The number of hydrogen-bond acceptors (Lipinski definition) is 6. The Morgan fingerprint density at radius 3 is 2.59 bits per heavy atom. The third-order valence-electron chi connectivity index (χ3n) is 5.54. The summed E-state index contributed by atoms with van der Waals surface area (Å²) in [6.07, 6.45) is 0. The number of fused-ring (bicyclic) bond motifs is 2. The predicted octanol–water partition coefficient (Wildman–Crippen LogP) is 1.06. The summed E-state index contributed by atoms with van der Waals surface area (Å²) in [7, 11) is 0. The van der Waals surface area contributed by atoms with Crippen molar-refractivity contribution in [2.75, 3.05) is 39.4 Å². The standard InChI is InChI=1S/C18H21N5O3.ClH/c1-11-17(18(24)22-9-12-7-19-8-13(12)10-22)20-21-23(11)14-2-3-15-16(6-14)26-5-4-25-15;/h2-3,6,12-13,19H,4-5,7-10H2,1H3;1H/t12-,13+;. The highest BCUT2D eigenvalue weighted by molar-refractivity contribution is 5.93. The van der Waals surface area contributed by atoms with E-state index < -0.39 is 0 Å². The summed E-state index contributed by atoms with van der Waals surface area (Å²) >= 11 is 0. The first kappa shape index (κ1) is 18.1. The Balaban J connectivity index is 0.00000180. The monoisotopic (exact) mass is 391 g/mol. The first-order chi connectivity index (χ1) is 12.7. The molecule has 4 heterocycles. The van der Waals surface area contributed by atoms with E-state index in [-0.39, 0.29) is 18.3 Å². The molecular weight excluding hydrogens is 370 g/mol. The number of nitrogens with zero attached hydrogens (tertiary/aromatic N) is 4. The number of ether oxygens (including phenoxy) is 2. The average molecular weight is 392 g/mol. The molecule has 144 valence electrons. The Hall–Kier alpha value is -2.32. The molecule has 1 N–H and O–H groups in total. The molecule has 2 atom stereocenters. The number of nitrogens with one attached hydrogen (secondary N) is 1. The van der Waals surface area contributed by atoms with Crippen molar-refractivity contribution in [2.24, 2.45) is 11.8 Å². The lowest BCUT2D eigenvalue weighted by molar-refractivity contribution is 0.0775. The first-order valence-corrected chi connectivity index (χ1v) is 9.03. The quantitative estimate of drug-likeness (QED) is 0.824. The molecule has 0 spiro atoms. The molecule has 3 aliphatic heterocycles. The van der Waals surface area contributed by atoms with E-state index in [2.05, 4.69) is 15.6 Å². The van der Waals surface area contributed by atoms with Gasteiger partial charge < -0.3 is 19.7 Å². The van der Waals surface area contributed by atoms with Crippen LogP contribution in [0.1, 0.15) is 16.2 Å². The second kappa shape index (κ2) is 7.01. The SMILES string of the molecule is Cc1c(C(=O)N2C[C@H]3CNC[C@H]3C2)nnn1-c1ccc2c(c1)OCCO2.Cl. The molecule has 2 aromatic rings. The summed E-state index contributed by atoms with van der Waals surface area (Å²) in [5.74, 6) is 2.52. The fourth-order valence-electron chi connectivity index (χ4n) is 4.11. The van der Waals surface area contributed by atoms with Gasteiger partial charge in [-0.15, -0.1) is 17.5 Å². The van der Waals surface area contributed by atoms with Gasteiger partial charge >= 0.3 is 0 Å². The van der Waals surface area contributed by atoms with Gasteiger partial charge in [-0.05, 0) is 30.9 Å². The van der Waals surface area contributed by atoms with Crippen LogP contribution in [0.15, 0.2) is 18.2 Å². The van der Waals surface area contributed by atoms with E-state index in [1.807, 2.05) is 30.0 Å². The van der Waals surface area contributed by atoms with Gasteiger partial charge in [-0.25, -0.2) is 4.68 Å². The van der Waals surface area contributed by atoms with Crippen LogP contribution in [-0.4, -0.2) is 65.2 Å². The number of likely N-dealkylation sites (tertiary alicyclic amines) is 1. The second-order valence-corrected chi connectivity index (χ2v) is 7.15. The molecule has 0 bridgehead atoms. The molecule has 0 unspecified atom stereocenters. The van der Waals surface area contributed by atoms with Gasteiger partial charge in [-0.1, -0.05) is 5.21 Å².